The van der Waals surface area contributed by atoms with Crippen molar-refractivity contribution in [3.05, 3.63) is 23.8 Å². The predicted molar refractivity (Wildman–Crippen MR) is 49.9 cm³/mol. The highest BCUT2D eigenvalue weighted by Crippen LogP contribution is 2.29. The zero-order chi connectivity index (χ0) is 6.91. The molecule has 0 aromatic heterocycles. The van der Waals surface area contributed by atoms with E-state index in [-0.39, 0.29) is 0 Å². The monoisotopic (exact) mass is 234 g/mol. The van der Waals surface area contributed by atoms with Crippen molar-refractivity contribution >= 4 is 22.6 Å². The lowest BCUT2D eigenvalue weighted by Crippen LogP contribution is -2.11. The summed E-state index contributed by atoms with van der Waals surface area (Å²) in [5, 5.41) is 0. The summed E-state index contributed by atoms with van der Waals surface area (Å²) in [6.07, 6.45) is 7.92. The third-order valence-electron chi connectivity index (χ3n) is 1.52. The Kier molecular flexibility index (Phi) is 1.99. The van der Waals surface area contributed by atoms with Gasteiger partial charge in [0, 0.05) is 3.42 Å². The van der Waals surface area contributed by atoms with Crippen LogP contribution in [0, 0.1) is 0 Å². The highest BCUT2D eigenvalue weighted by molar-refractivity contribution is 14.1. The van der Waals surface area contributed by atoms with Gasteiger partial charge in [0.2, 0.25) is 0 Å². The molecular weight excluding hydrogens is 223 g/mol. The van der Waals surface area contributed by atoms with Gasteiger partial charge in [-0.2, -0.15) is 0 Å². The zero-order valence-corrected chi connectivity index (χ0v) is 7.97. The molecule has 1 heteroatoms. The van der Waals surface area contributed by atoms with Crippen LogP contribution < -0.4 is 0 Å². The second-order valence-electron chi connectivity index (χ2n) is 2.76. The van der Waals surface area contributed by atoms with E-state index < -0.39 is 0 Å². The minimum absolute atomic E-state index is 0.372. The Bertz CT molecular complexity index is 163. The lowest BCUT2D eigenvalue weighted by Gasteiger charge is -2.19. The van der Waals surface area contributed by atoms with Gasteiger partial charge in [-0.25, -0.2) is 0 Å². The molecule has 1 rings (SSSR count). The average Bonchev–Trinajstić information content (AvgIpc) is 1.78. The van der Waals surface area contributed by atoms with Crippen LogP contribution in [-0.4, -0.2) is 3.42 Å². The summed E-state index contributed by atoms with van der Waals surface area (Å²) in [7, 11) is 0. The third kappa shape index (κ3) is 2.12. The zero-order valence-electron chi connectivity index (χ0n) is 5.82. The molecule has 0 spiro atoms. The topological polar surface area (TPSA) is 0 Å². The third-order valence-corrected chi connectivity index (χ3v) is 2.32. The Balaban J connectivity index is 2.70. The average molecular weight is 234 g/mol. The van der Waals surface area contributed by atoms with E-state index in [4.69, 9.17) is 0 Å². The van der Waals surface area contributed by atoms with Gasteiger partial charge in [-0.1, -0.05) is 46.4 Å². The molecule has 1 aliphatic carbocycles. The highest BCUT2D eigenvalue weighted by Gasteiger charge is 2.16. The maximum atomic E-state index is 2.47. The Labute approximate surface area is 70.2 Å². The van der Waals surface area contributed by atoms with Crippen LogP contribution in [-0.2, 0) is 0 Å². The summed E-state index contributed by atoms with van der Waals surface area (Å²) >= 11 is 2.47. The van der Waals surface area contributed by atoms with Gasteiger partial charge >= 0.3 is 0 Å². The summed E-state index contributed by atoms with van der Waals surface area (Å²) in [6, 6.07) is 0. The van der Waals surface area contributed by atoms with Crippen LogP contribution >= 0.6 is 22.6 Å². The fraction of sp³-hybridized carbons (Fsp3) is 0.500. The highest BCUT2D eigenvalue weighted by atomic mass is 127. The first-order chi connectivity index (χ1) is 4.10. The first-order valence-corrected chi connectivity index (χ1v) is 4.23. The molecule has 9 heavy (non-hydrogen) atoms. The predicted octanol–water partition coefficient (Wildman–Crippen LogP) is 3.09. The molecule has 0 saturated heterocycles. The molecule has 0 aliphatic heterocycles. The largest absolute Gasteiger partial charge is 0.0800 e. The van der Waals surface area contributed by atoms with E-state index in [9.17, 15) is 0 Å². The van der Waals surface area contributed by atoms with Crippen LogP contribution in [0.4, 0.5) is 0 Å². The molecule has 0 amide bonds. The van der Waals surface area contributed by atoms with Gasteiger partial charge in [0.15, 0.2) is 0 Å². The van der Waals surface area contributed by atoms with E-state index in [1.807, 2.05) is 0 Å². The van der Waals surface area contributed by atoms with Crippen LogP contribution in [0.2, 0.25) is 0 Å². The van der Waals surface area contributed by atoms with Gasteiger partial charge < -0.3 is 0 Å². The number of halogens is 1. The van der Waals surface area contributed by atoms with E-state index >= 15 is 0 Å². The summed E-state index contributed by atoms with van der Waals surface area (Å²) in [5.74, 6) is 0. The molecule has 50 valence electrons. The molecule has 0 heterocycles. The van der Waals surface area contributed by atoms with E-state index in [0.717, 1.165) is 0 Å². The van der Waals surface area contributed by atoms with Gasteiger partial charge in [-0.05, 0) is 20.3 Å². The summed E-state index contributed by atoms with van der Waals surface area (Å²) < 4.78 is 0.372. The van der Waals surface area contributed by atoms with Crippen LogP contribution in [0.1, 0.15) is 20.3 Å². The molecule has 0 fully saturated rings. The number of allylic oxidation sites excluding steroid dienone is 4. The van der Waals surface area contributed by atoms with Gasteiger partial charge in [0.25, 0.3) is 0 Å². The fourth-order valence-electron chi connectivity index (χ4n) is 0.802. The summed E-state index contributed by atoms with van der Waals surface area (Å²) in [5.41, 5.74) is 1.39. The lowest BCUT2D eigenvalue weighted by molar-refractivity contribution is 0.828. The Morgan fingerprint density at radius 3 is 2.67 bits per heavy atom. The SMILES string of the molecule is CC1=CC[C@@](C)(I)C=C1. The second-order valence-corrected chi connectivity index (χ2v) is 5.23. The molecule has 1 atom stereocenters. The van der Waals surface area contributed by atoms with E-state index in [1.54, 1.807) is 0 Å². The van der Waals surface area contributed by atoms with Gasteiger partial charge in [-0.15, -0.1) is 0 Å². The molecule has 0 saturated carbocycles. The summed E-state index contributed by atoms with van der Waals surface area (Å²) in [4.78, 5) is 0. The van der Waals surface area contributed by atoms with Crippen molar-refractivity contribution in [1.29, 1.82) is 0 Å². The molecule has 0 radical (unpaired) electrons. The van der Waals surface area contributed by atoms with Crippen LogP contribution in [0.25, 0.3) is 0 Å². The number of rotatable bonds is 0. The van der Waals surface area contributed by atoms with E-state index in [1.165, 1.54) is 12.0 Å². The van der Waals surface area contributed by atoms with Gasteiger partial charge in [-0.3, -0.25) is 0 Å². The number of alkyl halides is 1. The molecule has 0 aromatic rings. The normalized spacial score (nSPS) is 34.3. The maximum absolute atomic E-state index is 2.47. The molecule has 0 unspecified atom stereocenters. The Morgan fingerprint density at radius 1 is 1.67 bits per heavy atom. The number of hydrogen-bond acceptors (Lipinski definition) is 0. The molecule has 1 aliphatic rings. The van der Waals surface area contributed by atoms with Crippen molar-refractivity contribution in [2.24, 2.45) is 0 Å². The van der Waals surface area contributed by atoms with Gasteiger partial charge in [0.05, 0.1) is 0 Å². The number of hydrogen-bond donors (Lipinski definition) is 0. The van der Waals surface area contributed by atoms with Crippen molar-refractivity contribution in [1.82, 2.24) is 0 Å². The molecule has 0 N–H and O–H groups in total. The van der Waals surface area contributed by atoms with Crippen molar-refractivity contribution in [3.8, 4) is 0 Å². The van der Waals surface area contributed by atoms with Crippen molar-refractivity contribution in [3.63, 3.8) is 0 Å². The maximum Gasteiger partial charge on any atom is 0.0410 e. The molecular formula is C8H11I. The van der Waals surface area contributed by atoms with Crippen LogP contribution in [0.15, 0.2) is 23.8 Å². The van der Waals surface area contributed by atoms with Crippen LogP contribution in [0.5, 0.6) is 0 Å². The first kappa shape index (κ1) is 7.32. The van der Waals surface area contributed by atoms with Crippen molar-refractivity contribution in [2.45, 2.75) is 23.7 Å². The summed E-state index contributed by atoms with van der Waals surface area (Å²) in [6.45, 7) is 4.38. The van der Waals surface area contributed by atoms with Gasteiger partial charge in [0.1, 0.15) is 0 Å². The minimum atomic E-state index is 0.372. The first-order valence-electron chi connectivity index (χ1n) is 3.15. The Hall–Kier alpha value is 0.210. The standard InChI is InChI=1S/C8H11I/c1-7-3-5-8(2,9)6-4-7/h3-5H,6H2,1-2H3/t8-/m0/s1. The quantitative estimate of drug-likeness (QED) is 0.446. The molecule has 0 aromatic carbocycles. The fourth-order valence-corrected chi connectivity index (χ4v) is 1.20. The lowest BCUT2D eigenvalue weighted by atomic mass is 9.99. The molecule has 0 bridgehead atoms. The van der Waals surface area contributed by atoms with E-state index in [0.29, 0.717) is 3.42 Å². The smallest absolute Gasteiger partial charge is 0.0410 e. The van der Waals surface area contributed by atoms with Crippen molar-refractivity contribution in [2.75, 3.05) is 0 Å². The van der Waals surface area contributed by atoms with E-state index in [2.05, 4.69) is 54.7 Å². The van der Waals surface area contributed by atoms with Crippen LogP contribution in [0.3, 0.4) is 0 Å². The minimum Gasteiger partial charge on any atom is -0.0800 e. The second kappa shape index (κ2) is 2.45. The van der Waals surface area contributed by atoms with Crippen molar-refractivity contribution < 1.29 is 0 Å². The molecule has 0 nitrogen and oxygen atoms in total. The Morgan fingerprint density at radius 2 is 2.33 bits per heavy atom.